The smallest absolute Gasteiger partial charge is 0.211 e. The van der Waals surface area contributed by atoms with E-state index in [0.29, 0.717) is 12.2 Å². The number of aromatic nitrogens is 3. The molecule has 0 bridgehead atoms. The van der Waals surface area contributed by atoms with Gasteiger partial charge in [0.1, 0.15) is 12.2 Å². The number of aromatic amines is 1. The Kier molecular flexibility index (Phi) is 2.19. The first kappa shape index (κ1) is 6.47. The highest BCUT2D eigenvalue weighted by molar-refractivity contribution is 5.51. The molecule has 0 fully saturated rings. The third-order valence-electron chi connectivity index (χ3n) is 0.839. The molecule has 0 aliphatic rings. The van der Waals surface area contributed by atoms with Crippen molar-refractivity contribution in [2.75, 3.05) is 0 Å². The minimum absolute atomic E-state index is 0.576. The third-order valence-corrected chi connectivity index (χ3v) is 0.839. The molecule has 0 aromatic carbocycles. The highest BCUT2D eigenvalue weighted by atomic mass is 16.1. The van der Waals surface area contributed by atoms with Gasteiger partial charge in [-0.25, -0.2) is 4.98 Å². The minimum Gasteiger partial charge on any atom is -0.335 e. The molecule has 0 atom stereocenters. The summed E-state index contributed by atoms with van der Waals surface area (Å²) < 4.78 is 0. The number of carbonyl (C=O) groups is 1. The van der Waals surface area contributed by atoms with Crippen molar-refractivity contribution in [2.45, 2.75) is 0 Å². The first-order valence-corrected chi connectivity index (χ1v) is 2.65. The number of carbonyl (C=O) groups excluding carboxylic acids is 1. The standard InChI is InChI=1S/C5H6N4O/c10-4-6-2-1-5-7-3-8-9-5/h1-4H,(H,6,10)(H,7,8,9). The van der Waals surface area contributed by atoms with Crippen molar-refractivity contribution in [3.63, 3.8) is 0 Å². The van der Waals surface area contributed by atoms with E-state index in [-0.39, 0.29) is 0 Å². The second-order valence-electron chi connectivity index (χ2n) is 1.49. The zero-order chi connectivity index (χ0) is 7.23. The monoisotopic (exact) mass is 138 g/mol. The number of hydrogen-bond donors (Lipinski definition) is 2. The maximum atomic E-state index is 9.72. The van der Waals surface area contributed by atoms with Crippen LogP contribution in [-0.4, -0.2) is 21.6 Å². The molecule has 5 heteroatoms. The number of rotatable bonds is 3. The van der Waals surface area contributed by atoms with Crippen LogP contribution in [0.25, 0.3) is 6.08 Å². The van der Waals surface area contributed by atoms with Gasteiger partial charge in [0.2, 0.25) is 6.41 Å². The summed E-state index contributed by atoms with van der Waals surface area (Å²) >= 11 is 0. The van der Waals surface area contributed by atoms with Crippen LogP contribution >= 0.6 is 0 Å². The fraction of sp³-hybridized carbons (Fsp3) is 0. The van der Waals surface area contributed by atoms with Crippen LogP contribution < -0.4 is 5.32 Å². The molecule has 0 aliphatic heterocycles. The predicted octanol–water partition coefficient (Wildman–Crippen LogP) is -0.479. The highest BCUT2D eigenvalue weighted by Gasteiger charge is 1.83. The van der Waals surface area contributed by atoms with Crippen molar-refractivity contribution in [3.05, 3.63) is 18.4 Å². The lowest BCUT2D eigenvalue weighted by Crippen LogP contribution is -1.98. The van der Waals surface area contributed by atoms with Crippen LogP contribution in [0.4, 0.5) is 0 Å². The van der Waals surface area contributed by atoms with Gasteiger partial charge >= 0.3 is 0 Å². The van der Waals surface area contributed by atoms with Crippen LogP contribution in [0.3, 0.4) is 0 Å². The van der Waals surface area contributed by atoms with Gasteiger partial charge in [-0.15, -0.1) is 0 Å². The second-order valence-corrected chi connectivity index (χ2v) is 1.49. The Hall–Kier alpha value is -1.65. The van der Waals surface area contributed by atoms with Crippen LogP contribution in [0.5, 0.6) is 0 Å². The fourth-order valence-electron chi connectivity index (χ4n) is 0.462. The molecule has 0 unspecified atom stereocenters. The average molecular weight is 138 g/mol. The number of nitrogens with one attached hydrogen (secondary N) is 2. The van der Waals surface area contributed by atoms with Crippen LogP contribution in [0.2, 0.25) is 0 Å². The van der Waals surface area contributed by atoms with Gasteiger partial charge in [-0.1, -0.05) is 0 Å². The summed E-state index contributed by atoms with van der Waals surface area (Å²) in [6, 6.07) is 0. The molecule has 0 saturated carbocycles. The number of H-pyrrole nitrogens is 1. The van der Waals surface area contributed by atoms with E-state index < -0.39 is 0 Å². The van der Waals surface area contributed by atoms with E-state index in [9.17, 15) is 4.79 Å². The van der Waals surface area contributed by atoms with Crippen molar-refractivity contribution in [3.8, 4) is 0 Å². The molecule has 1 aromatic rings. The summed E-state index contributed by atoms with van der Waals surface area (Å²) in [5.41, 5.74) is 0. The van der Waals surface area contributed by atoms with Gasteiger partial charge in [0.05, 0.1) is 0 Å². The van der Waals surface area contributed by atoms with E-state index in [1.807, 2.05) is 0 Å². The molecule has 1 rings (SSSR count). The van der Waals surface area contributed by atoms with Crippen molar-refractivity contribution in [2.24, 2.45) is 0 Å². The first-order valence-electron chi connectivity index (χ1n) is 2.65. The molecule has 52 valence electrons. The summed E-state index contributed by atoms with van der Waals surface area (Å²) in [4.78, 5) is 13.5. The van der Waals surface area contributed by atoms with E-state index in [1.165, 1.54) is 12.5 Å². The van der Waals surface area contributed by atoms with Crippen molar-refractivity contribution < 1.29 is 4.79 Å². The van der Waals surface area contributed by atoms with Gasteiger partial charge in [-0.3, -0.25) is 9.89 Å². The normalized spacial score (nSPS) is 10.0. The Morgan fingerprint density at radius 3 is 3.20 bits per heavy atom. The highest BCUT2D eigenvalue weighted by Crippen LogP contribution is 1.85. The Balaban J connectivity index is 2.47. The third kappa shape index (κ3) is 1.70. The van der Waals surface area contributed by atoms with Crippen molar-refractivity contribution in [1.82, 2.24) is 20.5 Å². The Labute approximate surface area is 57.2 Å². The lowest BCUT2D eigenvalue weighted by molar-refractivity contribution is -0.108. The summed E-state index contributed by atoms with van der Waals surface area (Å²) in [6.07, 6.45) is 5.03. The number of amides is 1. The molecule has 1 amide bonds. The molecule has 0 saturated heterocycles. The lowest BCUT2D eigenvalue weighted by atomic mass is 10.6. The van der Waals surface area contributed by atoms with E-state index in [1.54, 1.807) is 6.08 Å². The lowest BCUT2D eigenvalue weighted by Gasteiger charge is -1.81. The maximum absolute atomic E-state index is 9.72. The van der Waals surface area contributed by atoms with Crippen LogP contribution in [0, 0.1) is 0 Å². The van der Waals surface area contributed by atoms with E-state index in [0.717, 1.165) is 0 Å². The van der Waals surface area contributed by atoms with Gasteiger partial charge in [0.25, 0.3) is 0 Å². The van der Waals surface area contributed by atoms with Gasteiger partial charge < -0.3 is 5.32 Å². The van der Waals surface area contributed by atoms with Crippen molar-refractivity contribution >= 4 is 12.5 Å². The quantitative estimate of drug-likeness (QED) is 0.554. The number of nitrogens with zero attached hydrogens (tertiary/aromatic N) is 2. The zero-order valence-corrected chi connectivity index (χ0v) is 5.11. The largest absolute Gasteiger partial charge is 0.335 e. The second kappa shape index (κ2) is 3.39. The molecule has 0 aliphatic carbocycles. The summed E-state index contributed by atoms with van der Waals surface area (Å²) in [7, 11) is 0. The maximum Gasteiger partial charge on any atom is 0.211 e. The molecule has 2 N–H and O–H groups in total. The van der Waals surface area contributed by atoms with Crippen LogP contribution in [-0.2, 0) is 4.79 Å². The number of hydrogen-bond acceptors (Lipinski definition) is 3. The molecule has 5 nitrogen and oxygen atoms in total. The molecule has 1 heterocycles. The molecule has 1 aromatic heterocycles. The molecular formula is C5H6N4O. The topological polar surface area (TPSA) is 70.7 Å². The van der Waals surface area contributed by atoms with Gasteiger partial charge in [-0.2, -0.15) is 5.10 Å². The van der Waals surface area contributed by atoms with Gasteiger partial charge in [0.15, 0.2) is 0 Å². The molecule has 10 heavy (non-hydrogen) atoms. The Morgan fingerprint density at radius 1 is 1.70 bits per heavy atom. The van der Waals surface area contributed by atoms with Crippen LogP contribution in [0.1, 0.15) is 5.82 Å². The fourth-order valence-corrected chi connectivity index (χ4v) is 0.462. The van der Waals surface area contributed by atoms with Gasteiger partial charge in [-0.05, 0) is 6.08 Å². The summed E-state index contributed by atoms with van der Waals surface area (Å²) in [5, 5.41) is 8.53. The zero-order valence-electron chi connectivity index (χ0n) is 5.11. The van der Waals surface area contributed by atoms with Crippen molar-refractivity contribution in [1.29, 1.82) is 0 Å². The SMILES string of the molecule is O=CNC=Cc1ncn[nH]1. The molecule has 0 spiro atoms. The average Bonchev–Trinajstić information content (AvgIpc) is 2.41. The first-order chi connectivity index (χ1) is 4.93. The van der Waals surface area contributed by atoms with E-state index >= 15 is 0 Å². The van der Waals surface area contributed by atoms with E-state index in [4.69, 9.17) is 0 Å². The van der Waals surface area contributed by atoms with Gasteiger partial charge in [0, 0.05) is 6.20 Å². The Morgan fingerprint density at radius 2 is 2.60 bits per heavy atom. The minimum atomic E-state index is 0.576. The van der Waals surface area contributed by atoms with E-state index in [2.05, 4.69) is 20.5 Å². The Bertz CT molecular complexity index is 216. The summed E-state index contributed by atoms with van der Waals surface area (Å²) in [5.74, 6) is 0.606. The molecule has 0 radical (unpaired) electrons. The summed E-state index contributed by atoms with van der Waals surface area (Å²) in [6.45, 7) is 0. The van der Waals surface area contributed by atoms with Crippen LogP contribution in [0.15, 0.2) is 12.5 Å². The predicted molar refractivity (Wildman–Crippen MR) is 34.6 cm³/mol. The molecular weight excluding hydrogens is 132 g/mol.